The van der Waals surface area contributed by atoms with Crippen LogP contribution in [0.5, 0.6) is 5.88 Å². The van der Waals surface area contributed by atoms with Crippen LogP contribution in [-0.4, -0.2) is 57.0 Å². The van der Waals surface area contributed by atoms with E-state index in [1.165, 1.54) is 19.4 Å². The van der Waals surface area contributed by atoms with Crippen LogP contribution in [0.3, 0.4) is 0 Å². The number of piperidine rings is 1. The number of nitrogens with two attached hydrogens (primary N) is 1. The average Bonchev–Trinajstić information content (AvgIpc) is 3.39. The maximum absolute atomic E-state index is 15.7. The lowest BCUT2D eigenvalue weighted by molar-refractivity contribution is -0.0864. The zero-order valence-corrected chi connectivity index (χ0v) is 26.9. The third kappa shape index (κ3) is 5.73. The fraction of sp³-hybridized carbons (Fsp3) is 0.438. The van der Waals surface area contributed by atoms with E-state index < -0.39 is 22.5 Å². The molecule has 1 aromatic carbocycles. The summed E-state index contributed by atoms with van der Waals surface area (Å²) in [5, 5.41) is 18.1. The van der Waals surface area contributed by atoms with Gasteiger partial charge in [-0.2, -0.15) is 15.3 Å². The molecule has 0 spiro atoms. The largest absolute Gasteiger partial charge is 0.480 e. The third-order valence-corrected chi connectivity index (χ3v) is 9.01. The maximum atomic E-state index is 15.7. The first-order valence-electron chi connectivity index (χ1n) is 14.6. The Morgan fingerprint density at radius 1 is 1.18 bits per heavy atom. The highest BCUT2D eigenvalue weighted by Gasteiger charge is 2.56. The van der Waals surface area contributed by atoms with Gasteiger partial charge in [-0.15, -0.1) is 0 Å². The van der Waals surface area contributed by atoms with Gasteiger partial charge in [0.05, 0.1) is 12.5 Å². The molecule has 13 heteroatoms. The number of halogens is 2. The molecule has 1 fully saturated rings. The molecule has 0 saturated carbocycles. The van der Waals surface area contributed by atoms with Crippen molar-refractivity contribution in [2.45, 2.75) is 58.5 Å². The Hall–Kier alpha value is -4.50. The third-order valence-electron chi connectivity index (χ3n) is 8.65. The Morgan fingerprint density at radius 3 is 2.47 bits per heavy atom. The smallest absolute Gasteiger partial charge is 0.405 e. The normalized spacial score (nSPS) is 15.8. The number of aromatic amines is 1. The van der Waals surface area contributed by atoms with Crippen LogP contribution < -0.4 is 15.4 Å². The van der Waals surface area contributed by atoms with E-state index in [9.17, 15) is 10.1 Å². The number of hydrogen-bond donors (Lipinski definition) is 2. The Morgan fingerprint density at radius 2 is 1.87 bits per heavy atom. The second kappa shape index (κ2) is 11.8. The van der Waals surface area contributed by atoms with Crippen molar-refractivity contribution in [1.82, 2.24) is 25.1 Å². The second-order valence-electron chi connectivity index (χ2n) is 12.9. The minimum absolute atomic E-state index is 0.125. The van der Waals surface area contributed by atoms with Crippen LogP contribution in [0.15, 0.2) is 36.5 Å². The molecule has 0 bridgehead atoms. The monoisotopic (exact) mass is 634 g/mol. The number of primary amides is 1. The Balaban J connectivity index is 1.56. The standard InChI is InChI=1S/C32H36ClFN8O3/c1-30(2,3)27(31(4,5)45-28(36)43)32(19-9-7-8-10-20(19)34)12-15-42(16-13-32)29-38-21(17-35)22-24(40-41-25(22)39-29)18-11-14-37-26(44-6)23(18)33/h7-11,14,27H,12-13,15-16H2,1-6H3,(H2,36,43)(H,38,39,40,41). The van der Waals surface area contributed by atoms with Crippen LogP contribution in [-0.2, 0) is 10.2 Å². The van der Waals surface area contributed by atoms with Crippen molar-refractivity contribution in [3.8, 4) is 23.2 Å². The van der Waals surface area contributed by atoms with E-state index in [4.69, 9.17) is 31.8 Å². The summed E-state index contributed by atoms with van der Waals surface area (Å²) in [5.74, 6) is -0.0870. The van der Waals surface area contributed by atoms with Gasteiger partial charge in [0.15, 0.2) is 11.3 Å². The highest BCUT2D eigenvalue weighted by atomic mass is 35.5. The zero-order valence-electron chi connectivity index (χ0n) is 26.1. The van der Waals surface area contributed by atoms with Crippen molar-refractivity contribution in [3.63, 3.8) is 0 Å². The Bertz CT molecular complexity index is 1790. The summed E-state index contributed by atoms with van der Waals surface area (Å²) >= 11 is 6.52. The molecule has 1 aliphatic heterocycles. The molecule has 1 saturated heterocycles. The number of H-pyrrole nitrogens is 1. The van der Waals surface area contributed by atoms with Gasteiger partial charge >= 0.3 is 6.09 Å². The summed E-state index contributed by atoms with van der Waals surface area (Å²) in [5.41, 5.74) is 5.31. The molecule has 3 N–H and O–H groups in total. The van der Waals surface area contributed by atoms with Gasteiger partial charge in [-0.1, -0.05) is 50.6 Å². The van der Waals surface area contributed by atoms with E-state index in [-0.39, 0.29) is 28.3 Å². The molecule has 4 heterocycles. The van der Waals surface area contributed by atoms with E-state index in [0.29, 0.717) is 59.7 Å². The molecule has 0 aliphatic carbocycles. The highest BCUT2D eigenvalue weighted by Crippen LogP contribution is 2.55. The topological polar surface area (TPSA) is 156 Å². The van der Waals surface area contributed by atoms with Crippen molar-refractivity contribution in [2.75, 3.05) is 25.1 Å². The lowest BCUT2D eigenvalue weighted by atomic mass is 9.52. The molecule has 11 nitrogen and oxygen atoms in total. The van der Waals surface area contributed by atoms with Crippen molar-refractivity contribution in [1.29, 1.82) is 5.26 Å². The first-order valence-corrected chi connectivity index (χ1v) is 14.9. The first kappa shape index (κ1) is 31.9. The summed E-state index contributed by atoms with van der Waals surface area (Å²) in [6, 6.07) is 10.6. The number of amides is 1. The van der Waals surface area contributed by atoms with Crippen LogP contribution >= 0.6 is 11.6 Å². The number of anilines is 1. The lowest BCUT2D eigenvalue weighted by Gasteiger charge is -2.56. The summed E-state index contributed by atoms with van der Waals surface area (Å²) < 4.78 is 26.7. The number of nitrogens with one attached hydrogen (secondary N) is 1. The number of carbonyl (C=O) groups is 1. The quantitative estimate of drug-likeness (QED) is 0.243. The SMILES string of the molecule is COc1nccc(-c2n[nH]c3nc(N4CCC(c5ccccc5F)(C(C(C)(C)C)C(C)(C)OC(N)=O)CC4)nc(C#N)c23)c1Cl. The molecule has 236 valence electrons. The van der Waals surface area contributed by atoms with Gasteiger partial charge in [0.25, 0.3) is 0 Å². The lowest BCUT2D eigenvalue weighted by Crippen LogP contribution is -2.59. The molecular formula is C32H36ClFN8O3. The number of aromatic nitrogens is 5. The van der Waals surface area contributed by atoms with Crippen molar-refractivity contribution in [2.24, 2.45) is 17.1 Å². The number of pyridine rings is 1. The van der Waals surface area contributed by atoms with E-state index in [2.05, 4.69) is 47.0 Å². The van der Waals surface area contributed by atoms with Gasteiger partial charge in [-0.05, 0) is 49.8 Å². The predicted molar refractivity (Wildman–Crippen MR) is 168 cm³/mol. The van der Waals surface area contributed by atoms with Gasteiger partial charge in [-0.25, -0.2) is 19.2 Å². The van der Waals surface area contributed by atoms with Crippen molar-refractivity contribution < 1.29 is 18.7 Å². The molecule has 3 aromatic heterocycles. The summed E-state index contributed by atoms with van der Waals surface area (Å²) in [7, 11) is 1.46. The fourth-order valence-corrected chi connectivity index (χ4v) is 7.90. The van der Waals surface area contributed by atoms with Gasteiger partial charge < -0.3 is 20.1 Å². The zero-order chi connectivity index (χ0) is 32.7. The molecule has 1 atom stereocenters. The molecule has 4 aromatic rings. The minimum Gasteiger partial charge on any atom is -0.480 e. The summed E-state index contributed by atoms with van der Waals surface area (Å²) in [4.78, 5) is 27.5. The number of rotatable bonds is 7. The van der Waals surface area contributed by atoms with E-state index in [0.717, 1.165) is 0 Å². The minimum atomic E-state index is -1.03. The summed E-state index contributed by atoms with van der Waals surface area (Å²) in [6.45, 7) is 10.7. The number of benzene rings is 1. The molecule has 1 unspecified atom stereocenters. The molecular weight excluding hydrogens is 599 g/mol. The van der Waals surface area contributed by atoms with Gasteiger partial charge in [-0.3, -0.25) is 5.10 Å². The predicted octanol–water partition coefficient (Wildman–Crippen LogP) is 6.16. The van der Waals surface area contributed by atoms with Crippen LogP contribution in [0.2, 0.25) is 5.02 Å². The number of hydrogen-bond acceptors (Lipinski definition) is 9. The molecule has 1 aliphatic rings. The summed E-state index contributed by atoms with van der Waals surface area (Å²) in [6.07, 6.45) is 1.64. The van der Waals surface area contributed by atoms with Gasteiger partial charge in [0.2, 0.25) is 11.8 Å². The van der Waals surface area contributed by atoms with E-state index in [1.807, 2.05) is 30.9 Å². The molecule has 45 heavy (non-hydrogen) atoms. The first-order chi connectivity index (χ1) is 21.2. The van der Waals surface area contributed by atoms with Crippen LogP contribution in [0, 0.1) is 28.5 Å². The van der Waals surface area contributed by atoms with Crippen molar-refractivity contribution >= 4 is 34.7 Å². The molecule has 5 rings (SSSR count). The highest BCUT2D eigenvalue weighted by molar-refractivity contribution is 6.34. The number of nitriles is 1. The molecule has 1 amide bonds. The van der Waals surface area contributed by atoms with Crippen LogP contribution in [0.25, 0.3) is 22.3 Å². The maximum Gasteiger partial charge on any atom is 0.405 e. The average molecular weight is 635 g/mol. The van der Waals surface area contributed by atoms with Crippen LogP contribution in [0.1, 0.15) is 58.7 Å². The second-order valence-corrected chi connectivity index (χ2v) is 13.3. The van der Waals surface area contributed by atoms with Crippen LogP contribution in [0.4, 0.5) is 15.1 Å². The van der Waals surface area contributed by atoms with Crippen molar-refractivity contribution in [3.05, 3.63) is 58.6 Å². The number of nitrogens with zero attached hydrogens (tertiary/aromatic N) is 6. The van der Waals surface area contributed by atoms with Gasteiger partial charge in [0, 0.05) is 36.2 Å². The number of fused-ring (bicyclic) bond motifs is 1. The number of ether oxygens (including phenoxy) is 2. The van der Waals surface area contributed by atoms with E-state index >= 15 is 4.39 Å². The Kier molecular flexibility index (Phi) is 8.35. The fourth-order valence-electron chi connectivity index (χ4n) is 7.63. The van der Waals surface area contributed by atoms with E-state index in [1.54, 1.807) is 12.1 Å². The number of carbonyl (C=O) groups excluding carboxylic acids is 1. The van der Waals surface area contributed by atoms with Gasteiger partial charge in [0.1, 0.15) is 28.2 Å². The molecule has 0 radical (unpaired) electrons. The number of methoxy groups -OCH3 is 1. The Labute approximate surface area is 265 Å².